The number of Topliss-reactive ketones (excluding diaryl/α,β-unsaturated/α-hetero) is 2. The van der Waals surface area contributed by atoms with Gasteiger partial charge in [0.2, 0.25) is 6.29 Å². The summed E-state index contributed by atoms with van der Waals surface area (Å²) in [7, 11) is 1.27. The minimum atomic E-state index is -1.69. The van der Waals surface area contributed by atoms with E-state index in [1.165, 1.54) is 21.0 Å². The third kappa shape index (κ3) is 9.65. The Bertz CT molecular complexity index is 1970. The number of hydrogen-bond donors (Lipinski definition) is 9. The van der Waals surface area contributed by atoms with Crippen LogP contribution < -0.4 is 4.74 Å². The number of aliphatic hydroxyl groups is 7. The Kier molecular flexibility index (Phi) is 14.9. The van der Waals surface area contributed by atoms with Crippen LogP contribution >= 0.6 is 0 Å². The van der Waals surface area contributed by atoms with Crippen molar-refractivity contribution >= 4 is 22.3 Å². The Hall–Kier alpha value is -3.16. The highest BCUT2D eigenvalue weighted by atomic mass is 16.7. The van der Waals surface area contributed by atoms with Crippen molar-refractivity contribution in [1.29, 1.82) is 0 Å². The van der Waals surface area contributed by atoms with Crippen molar-refractivity contribution in [3.05, 3.63) is 28.8 Å². The second kappa shape index (κ2) is 19.6. The highest BCUT2D eigenvalue weighted by molar-refractivity contribution is 6.11. The smallest absolute Gasteiger partial charge is 0.202 e. The number of ether oxygens (including phenoxy) is 9. The van der Waals surface area contributed by atoms with Crippen molar-refractivity contribution in [2.45, 2.75) is 190 Å². The van der Waals surface area contributed by atoms with E-state index in [4.69, 9.17) is 42.6 Å². The first-order valence-electron chi connectivity index (χ1n) is 21.8. The maximum Gasteiger partial charge on any atom is 0.202 e. The first kappa shape index (κ1) is 48.8. The number of rotatable bonds is 12. The molecule has 0 saturated carbocycles. The second-order valence-corrected chi connectivity index (χ2v) is 17.8. The van der Waals surface area contributed by atoms with Gasteiger partial charge >= 0.3 is 0 Å². The molecular formula is C44H62O20. The van der Waals surface area contributed by atoms with Crippen molar-refractivity contribution in [2.75, 3.05) is 7.11 Å². The summed E-state index contributed by atoms with van der Waals surface area (Å²) in [5.74, 6) is -3.30. The lowest BCUT2D eigenvalue weighted by Crippen LogP contribution is -2.56. The molecule has 7 rings (SSSR count). The average molecular weight is 911 g/mol. The maximum atomic E-state index is 14.7. The molecule has 4 heterocycles. The fraction of sp³-hybridized carbons (Fsp3) is 0.727. The van der Waals surface area contributed by atoms with Crippen LogP contribution in [0.25, 0.3) is 10.8 Å². The molecule has 20 heteroatoms. The number of phenolic OH excluding ortho intramolecular Hbond substituents is 2. The predicted molar refractivity (Wildman–Crippen MR) is 218 cm³/mol. The summed E-state index contributed by atoms with van der Waals surface area (Å²) in [5.41, 5.74) is 0.266. The molecule has 20 nitrogen and oxygen atoms in total. The summed E-state index contributed by atoms with van der Waals surface area (Å²) in [6, 6.07) is 3.12. The van der Waals surface area contributed by atoms with Crippen LogP contribution in [0.5, 0.6) is 17.2 Å². The molecule has 20 unspecified atom stereocenters. The summed E-state index contributed by atoms with van der Waals surface area (Å²) in [6.07, 6.45) is -20.8. The van der Waals surface area contributed by atoms with E-state index in [1.807, 2.05) is 0 Å². The lowest BCUT2D eigenvalue weighted by Gasteiger charge is -2.44. The van der Waals surface area contributed by atoms with E-state index in [0.717, 1.165) is 0 Å². The largest absolute Gasteiger partial charge is 0.507 e. The van der Waals surface area contributed by atoms with Gasteiger partial charge in [0.1, 0.15) is 53.9 Å². The third-order valence-electron chi connectivity index (χ3n) is 13.3. The van der Waals surface area contributed by atoms with E-state index < -0.39 is 146 Å². The van der Waals surface area contributed by atoms with Crippen LogP contribution in [0.1, 0.15) is 81.8 Å². The number of carbonyl (C=O) groups is 2. The van der Waals surface area contributed by atoms with Gasteiger partial charge in [-0.3, -0.25) is 9.59 Å². The maximum absolute atomic E-state index is 14.7. The van der Waals surface area contributed by atoms with Gasteiger partial charge in [-0.15, -0.1) is 0 Å². The van der Waals surface area contributed by atoms with E-state index in [0.29, 0.717) is 0 Å². The Morgan fingerprint density at radius 1 is 0.703 bits per heavy atom. The Balaban J connectivity index is 1.16. The van der Waals surface area contributed by atoms with Crippen LogP contribution in [0, 0.1) is 12.8 Å². The molecule has 1 aliphatic carbocycles. The third-order valence-corrected chi connectivity index (χ3v) is 13.3. The van der Waals surface area contributed by atoms with Crippen molar-refractivity contribution in [3.63, 3.8) is 0 Å². The topological polar surface area (TPSA) is 299 Å². The number of benzene rings is 2. The summed E-state index contributed by atoms with van der Waals surface area (Å²) >= 11 is 0. The second-order valence-electron chi connectivity index (χ2n) is 17.8. The van der Waals surface area contributed by atoms with Crippen LogP contribution in [0.3, 0.4) is 0 Å². The lowest BCUT2D eigenvalue weighted by atomic mass is 9.75. The normalized spacial score (nSPS) is 40.4. The minimum absolute atomic E-state index is 0.00331. The number of carbonyl (C=O) groups excluding carboxylic acids is 2. The van der Waals surface area contributed by atoms with Gasteiger partial charge in [-0.25, -0.2) is 0 Å². The van der Waals surface area contributed by atoms with Crippen LogP contribution in [0.15, 0.2) is 12.1 Å². The molecule has 0 aromatic heterocycles. The molecule has 9 N–H and O–H groups in total. The number of phenols is 2. The van der Waals surface area contributed by atoms with Crippen molar-refractivity contribution in [3.8, 4) is 17.2 Å². The van der Waals surface area contributed by atoms with Crippen molar-refractivity contribution in [1.82, 2.24) is 0 Å². The molecule has 4 saturated heterocycles. The van der Waals surface area contributed by atoms with Crippen LogP contribution in [-0.4, -0.2) is 181 Å². The molecule has 0 radical (unpaired) electrons. The van der Waals surface area contributed by atoms with E-state index in [9.17, 15) is 55.5 Å². The average Bonchev–Trinajstić information content (AvgIpc) is 3.22. The molecule has 5 aliphatic rings. The Morgan fingerprint density at radius 2 is 1.19 bits per heavy atom. The molecule has 0 spiro atoms. The zero-order valence-electron chi connectivity index (χ0n) is 36.8. The van der Waals surface area contributed by atoms with E-state index in [1.54, 1.807) is 39.8 Å². The number of hydrogen-bond acceptors (Lipinski definition) is 20. The summed E-state index contributed by atoms with van der Waals surface area (Å²) in [5, 5.41) is 97.6. The number of fused-ring (bicyclic) bond motifs is 2. The molecule has 0 amide bonds. The highest BCUT2D eigenvalue weighted by Gasteiger charge is 2.50. The standard InChI is InChI=1S/C44H62O20/c1-15-26(61-31-13-27(39(52)19(5)59-31)62-29-11-24(46)37(50)17(3)57-29)10-22-8-21-9-23(43(56-7)36(49)16(2)45)44(42(55)34(21)41(54)33(22)35(15)48)64-32-14-28(40(53)20(6)60-32)63-30-12-25(47)38(51)18(4)58-30/h8,10,17-20,23-25,27-32,36-40,43-44,46-54H,9,11-14H2,1-7H3. The van der Waals surface area contributed by atoms with Gasteiger partial charge in [-0.2, -0.15) is 0 Å². The number of aromatic hydroxyl groups is 2. The molecule has 0 bridgehead atoms. The summed E-state index contributed by atoms with van der Waals surface area (Å²) in [4.78, 5) is 27.3. The number of aliphatic hydroxyl groups excluding tert-OH is 7. The summed E-state index contributed by atoms with van der Waals surface area (Å²) < 4.78 is 53.8. The van der Waals surface area contributed by atoms with Crippen LogP contribution in [0.2, 0.25) is 0 Å². The Labute approximate surface area is 369 Å². The predicted octanol–water partition coefficient (Wildman–Crippen LogP) is 0.119. The zero-order valence-corrected chi connectivity index (χ0v) is 36.8. The SMILES string of the molecule is COC(C(O)C(C)=O)C1Cc2cc3cc(OC4CC(OC5CC(O)C(O)C(C)O5)C(O)C(C)O4)c(C)c(O)c3c(O)c2C(=O)C1OC1CC(OC2CC(O)C(O)C(C)O2)C(O)C(C)O1. The molecule has 2 aromatic carbocycles. The van der Waals surface area contributed by atoms with Gasteiger partial charge in [0.15, 0.2) is 30.4 Å². The highest BCUT2D eigenvalue weighted by Crippen LogP contribution is 2.47. The molecular weight excluding hydrogens is 848 g/mol. The lowest BCUT2D eigenvalue weighted by molar-refractivity contribution is -0.311. The monoisotopic (exact) mass is 910 g/mol. The minimum Gasteiger partial charge on any atom is -0.507 e. The van der Waals surface area contributed by atoms with Crippen molar-refractivity contribution in [2.24, 2.45) is 5.92 Å². The van der Waals surface area contributed by atoms with Gasteiger partial charge in [-0.1, -0.05) is 0 Å². The molecule has 4 aliphatic heterocycles. The van der Waals surface area contributed by atoms with Gasteiger partial charge in [0.25, 0.3) is 0 Å². The molecule has 358 valence electrons. The van der Waals surface area contributed by atoms with Gasteiger partial charge in [0, 0.05) is 44.3 Å². The zero-order chi connectivity index (χ0) is 46.6. The van der Waals surface area contributed by atoms with Gasteiger partial charge in [0.05, 0.1) is 65.9 Å². The summed E-state index contributed by atoms with van der Waals surface area (Å²) in [6.45, 7) is 9.06. The Morgan fingerprint density at radius 3 is 1.69 bits per heavy atom. The molecule has 64 heavy (non-hydrogen) atoms. The first-order chi connectivity index (χ1) is 30.2. The van der Waals surface area contributed by atoms with E-state index >= 15 is 0 Å². The molecule has 20 atom stereocenters. The van der Waals surface area contributed by atoms with Gasteiger partial charge in [-0.05, 0) is 71.0 Å². The van der Waals surface area contributed by atoms with Crippen LogP contribution in [-0.2, 0) is 49.1 Å². The first-order valence-corrected chi connectivity index (χ1v) is 21.8. The number of methoxy groups -OCH3 is 1. The fourth-order valence-electron chi connectivity index (χ4n) is 9.51. The van der Waals surface area contributed by atoms with Gasteiger partial charge < -0.3 is 88.6 Å². The molecule has 4 fully saturated rings. The van der Waals surface area contributed by atoms with E-state index in [2.05, 4.69) is 0 Å². The fourth-order valence-corrected chi connectivity index (χ4v) is 9.51. The molecule has 2 aromatic rings. The number of ketones is 2. The quantitative estimate of drug-likeness (QED) is 0.137. The van der Waals surface area contributed by atoms with Crippen molar-refractivity contribution < 1.29 is 98.2 Å². The van der Waals surface area contributed by atoms with E-state index in [-0.39, 0.29) is 65.3 Å². The van der Waals surface area contributed by atoms with Crippen LogP contribution in [0.4, 0.5) is 0 Å².